The van der Waals surface area contributed by atoms with E-state index in [1.807, 2.05) is 144 Å². The highest BCUT2D eigenvalue weighted by Crippen LogP contribution is 2.30. The van der Waals surface area contributed by atoms with Gasteiger partial charge in [-0.3, -0.25) is 9.59 Å². The van der Waals surface area contributed by atoms with Crippen molar-refractivity contribution in [1.29, 1.82) is 0 Å². The van der Waals surface area contributed by atoms with Crippen molar-refractivity contribution in [2.75, 3.05) is 0 Å². The fourth-order valence-electron chi connectivity index (χ4n) is 7.44. The highest BCUT2D eigenvalue weighted by Gasteiger charge is 2.18. The monoisotopic (exact) mass is 683 g/mol. The van der Waals surface area contributed by atoms with E-state index in [1.54, 1.807) is 0 Å². The van der Waals surface area contributed by atoms with Gasteiger partial charge in [0.1, 0.15) is 0 Å². The maximum Gasteiger partial charge on any atom is 0.197 e. The second-order valence-electron chi connectivity index (χ2n) is 13.0. The summed E-state index contributed by atoms with van der Waals surface area (Å²) in [7, 11) is 0. The first kappa shape index (κ1) is 30.4. The van der Waals surface area contributed by atoms with Gasteiger partial charge >= 0.3 is 0 Å². The Labute approximate surface area is 302 Å². The van der Waals surface area contributed by atoms with Crippen LogP contribution in [0.15, 0.2) is 186 Å². The summed E-state index contributed by atoms with van der Waals surface area (Å²) in [5.41, 5.74) is 7.99. The van der Waals surface area contributed by atoms with Crippen molar-refractivity contribution >= 4 is 43.6 Å². The Morgan fingerprint density at radius 2 is 0.736 bits per heavy atom. The van der Waals surface area contributed by atoms with Crippen molar-refractivity contribution in [2.24, 2.45) is 0 Å². The van der Waals surface area contributed by atoms with E-state index in [1.165, 1.54) is 0 Å². The van der Waals surface area contributed by atoms with Crippen molar-refractivity contribution < 1.29 is 0 Å². The van der Waals surface area contributed by atoms with Crippen LogP contribution in [0, 0.1) is 0 Å². The van der Waals surface area contributed by atoms with Gasteiger partial charge in [0.2, 0.25) is 0 Å². The summed E-state index contributed by atoms with van der Waals surface area (Å²) in [6.07, 6.45) is 0. The summed E-state index contributed by atoms with van der Waals surface area (Å²) in [6.45, 7) is 0. The first-order chi connectivity index (χ1) is 26.1. The third-order valence-corrected chi connectivity index (χ3v) is 9.93. The molecule has 7 aromatic carbocycles. The molecule has 0 saturated carbocycles. The van der Waals surface area contributed by atoms with Gasteiger partial charge in [-0.25, -0.2) is 9.67 Å². The van der Waals surface area contributed by atoms with Crippen LogP contribution in [0.2, 0.25) is 0 Å². The van der Waals surface area contributed by atoms with E-state index in [4.69, 9.17) is 10.1 Å². The van der Waals surface area contributed by atoms with Gasteiger partial charge in [-0.2, -0.15) is 0 Å². The Bertz CT molecular complexity index is 3020. The number of fused-ring (bicyclic) bond motifs is 4. The number of aromatic nitrogens is 5. The normalized spacial score (nSPS) is 11.5. The third kappa shape index (κ3) is 4.90. The molecule has 3 aromatic heterocycles. The molecule has 0 unspecified atom stereocenters. The summed E-state index contributed by atoms with van der Waals surface area (Å²) in [4.78, 5) is 31.8. The predicted molar refractivity (Wildman–Crippen MR) is 213 cm³/mol. The highest BCUT2D eigenvalue weighted by atomic mass is 16.1. The highest BCUT2D eigenvalue weighted by molar-refractivity contribution is 5.96. The van der Waals surface area contributed by atoms with Crippen molar-refractivity contribution in [3.8, 4) is 39.8 Å². The van der Waals surface area contributed by atoms with Gasteiger partial charge in [0.15, 0.2) is 22.5 Å². The fraction of sp³-hybridized carbons (Fsp3) is 0. The van der Waals surface area contributed by atoms with Crippen LogP contribution in [0.1, 0.15) is 0 Å². The SMILES string of the molecule is O=c1c2ccccc2n(-c2ccc(-c3nc(-c4ccc(-n5c6ccccc6c(=O)c6ccccc65)cc4)n(-c4ccccc4)n3)cc2)c2ccccc12. The molecule has 0 radical (unpaired) electrons. The Hall–Kier alpha value is -7.38. The predicted octanol–water partition coefficient (Wildman–Crippen LogP) is 9.52. The lowest BCUT2D eigenvalue weighted by Crippen LogP contribution is -2.10. The van der Waals surface area contributed by atoms with Crippen LogP contribution in [-0.4, -0.2) is 23.9 Å². The number of nitrogens with zero attached hydrogens (tertiary/aromatic N) is 5. The number of pyridine rings is 2. The standard InChI is InChI=1S/C46H29N5O2/c52-43-35-14-4-8-18-39(35)49(40-19-9-5-15-36(40)43)32-26-22-30(23-27-32)45-47-46(51(48-45)34-12-2-1-3-13-34)31-24-28-33(29-25-31)50-41-20-10-6-16-37(41)44(53)38-17-7-11-21-42(38)50/h1-29H. The number of para-hydroxylation sites is 5. The zero-order valence-electron chi connectivity index (χ0n) is 28.3. The molecule has 7 nitrogen and oxygen atoms in total. The first-order valence-electron chi connectivity index (χ1n) is 17.4. The summed E-state index contributed by atoms with van der Waals surface area (Å²) >= 11 is 0. The van der Waals surface area contributed by atoms with Crippen molar-refractivity contribution in [1.82, 2.24) is 23.9 Å². The molecule has 0 bridgehead atoms. The summed E-state index contributed by atoms with van der Waals surface area (Å²) < 4.78 is 6.15. The average Bonchev–Trinajstić information content (AvgIpc) is 3.68. The molecule has 0 fully saturated rings. The lowest BCUT2D eigenvalue weighted by molar-refractivity contribution is 0.890. The second-order valence-corrected chi connectivity index (χ2v) is 13.0. The van der Waals surface area contributed by atoms with E-state index >= 15 is 0 Å². The van der Waals surface area contributed by atoms with Crippen molar-refractivity contribution in [3.05, 3.63) is 196 Å². The van der Waals surface area contributed by atoms with E-state index in [2.05, 4.69) is 45.5 Å². The van der Waals surface area contributed by atoms with E-state index in [0.717, 1.165) is 50.3 Å². The largest absolute Gasteiger partial charge is 0.309 e. The topological polar surface area (TPSA) is 74.7 Å². The minimum Gasteiger partial charge on any atom is -0.309 e. The van der Waals surface area contributed by atoms with Crippen LogP contribution in [0.4, 0.5) is 0 Å². The molecule has 0 amide bonds. The molecule has 0 spiro atoms. The molecule has 53 heavy (non-hydrogen) atoms. The Morgan fingerprint density at radius 3 is 1.17 bits per heavy atom. The van der Waals surface area contributed by atoms with E-state index in [0.29, 0.717) is 33.2 Å². The van der Waals surface area contributed by atoms with Gasteiger partial charge in [0.25, 0.3) is 0 Å². The van der Waals surface area contributed by atoms with Gasteiger partial charge in [-0.05, 0) is 109 Å². The van der Waals surface area contributed by atoms with Crippen LogP contribution < -0.4 is 10.9 Å². The van der Waals surface area contributed by atoms with Crippen LogP contribution in [0.5, 0.6) is 0 Å². The Morgan fingerprint density at radius 1 is 0.358 bits per heavy atom. The van der Waals surface area contributed by atoms with Gasteiger partial charge in [-0.15, -0.1) is 5.10 Å². The zero-order chi connectivity index (χ0) is 35.5. The molecule has 0 N–H and O–H groups in total. The lowest BCUT2D eigenvalue weighted by atomic mass is 10.1. The van der Waals surface area contributed by atoms with Gasteiger partial charge < -0.3 is 9.13 Å². The second kappa shape index (κ2) is 12.1. The minimum absolute atomic E-state index is 0.0287. The Kier molecular flexibility index (Phi) is 6.97. The van der Waals surface area contributed by atoms with Crippen molar-refractivity contribution in [3.63, 3.8) is 0 Å². The molecule has 0 aliphatic rings. The maximum absolute atomic E-state index is 13.4. The molecule has 0 atom stereocenters. The quantitative estimate of drug-likeness (QED) is 0.169. The van der Waals surface area contributed by atoms with Crippen LogP contribution in [0.3, 0.4) is 0 Å². The summed E-state index contributed by atoms with van der Waals surface area (Å²) in [5.74, 6) is 1.29. The zero-order valence-corrected chi connectivity index (χ0v) is 28.3. The number of hydrogen-bond donors (Lipinski definition) is 0. The van der Waals surface area contributed by atoms with Gasteiger partial charge in [0.05, 0.1) is 27.8 Å². The number of hydrogen-bond acceptors (Lipinski definition) is 4. The van der Waals surface area contributed by atoms with Crippen LogP contribution >= 0.6 is 0 Å². The lowest BCUT2D eigenvalue weighted by Gasteiger charge is -2.15. The average molecular weight is 684 g/mol. The molecular weight excluding hydrogens is 655 g/mol. The molecule has 7 heteroatoms. The van der Waals surface area contributed by atoms with Gasteiger partial charge in [0, 0.05) is 44.0 Å². The first-order valence-corrected chi connectivity index (χ1v) is 17.4. The minimum atomic E-state index is 0.0287. The van der Waals surface area contributed by atoms with Crippen LogP contribution in [-0.2, 0) is 0 Å². The third-order valence-electron chi connectivity index (χ3n) is 9.93. The van der Waals surface area contributed by atoms with E-state index in [-0.39, 0.29) is 10.9 Å². The molecule has 3 heterocycles. The Balaban J connectivity index is 1.09. The van der Waals surface area contributed by atoms with Crippen LogP contribution in [0.25, 0.3) is 83.4 Å². The van der Waals surface area contributed by atoms with Crippen molar-refractivity contribution in [2.45, 2.75) is 0 Å². The number of benzene rings is 7. The smallest absolute Gasteiger partial charge is 0.197 e. The molecule has 0 saturated heterocycles. The molecule has 10 aromatic rings. The van der Waals surface area contributed by atoms with Gasteiger partial charge in [-0.1, -0.05) is 66.7 Å². The van der Waals surface area contributed by atoms with E-state index in [9.17, 15) is 9.59 Å². The summed E-state index contributed by atoms with van der Waals surface area (Å²) in [6, 6.07) is 57.3. The molecule has 250 valence electrons. The number of rotatable bonds is 5. The maximum atomic E-state index is 13.4. The molecule has 10 rings (SSSR count). The van der Waals surface area contributed by atoms with E-state index < -0.39 is 0 Å². The molecular formula is C46H29N5O2. The molecule has 0 aliphatic heterocycles. The summed E-state index contributed by atoms with van der Waals surface area (Å²) in [5, 5.41) is 7.74. The fourth-order valence-corrected chi connectivity index (χ4v) is 7.44. The molecule has 0 aliphatic carbocycles.